The van der Waals surface area contributed by atoms with E-state index in [9.17, 15) is 9.90 Å². The zero-order chi connectivity index (χ0) is 20.3. The molecule has 28 heavy (non-hydrogen) atoms. The van der Waals surface area contributed by atoms with E-state index >= 15 is 0 Å². The summed E-state index contributed by atoms with van der Waals surface area (Å²) in [6.45, 7) is 6.44. The zero-order valence-corrected chi connectivity index (χ0v) is 16.0. The van der Waals surface area contributed by atoms with Crippen molar-refractivity contribution in [2.45, 2.75) is 26.2 Å². The minimum absolute atomic E-state index is 0.0549. The number of anilines is 2. The minimum Gasteiger partial charge on any atom is -0.508 e. The van der Waals surface area contributed by atoms with Gasteiger partial charge in [-0.25, -0.2) is 4.99 Å². The lowest BCUT2D eigenvalue weighted by molar-refractivity contribution is 0.100. The molecule has 0 fully saturated rings. The smallest absolute Gasteiger partial charge is 0.256 e. The molecule has 0 unspecified atom stereocenters. The van der Waals surface area contributed by atoms with E-state index in [1.54, 1.807) is 30.5 Å². The number of aromatic nitrogens is 2. The molecule has 2 aromatic carbocycles. The van der Waals surface area contributed by atoms with Crippen molar-refractivity contribution in [2.75, 3.05) is 5.32 Å². The van der Waals surface area contributed by atoms with Gasteiger partial charge >= 0.3 is 0 Å². The molecule has 0 aliphatic carbocycles. The van der Waals surface area contributed by atoms with Crippen molar-refractivity contribution in [3.05, 3.63) is 65.2 Å². The van der Waals surface area contributed by atoms with Crippen LogP contribution >= 0.6 is 0 Å². The first kappa shape index (κ1) is 19.2. The largest absolute Gasteiger partial charge is 0.508 e. The summed E-state index contributed by atoms with van der Waals surface area (Å²) >= 11 is 0. The van der Waals surface area contributed by atoms with Crippen LogP contribution in [0.3, 0.4) is 0 Å². The quantitative estimate of drug-likeness (QED) is 0.503. The van der Waals surface area contributed by atoms with Crippen LogP contribution in [0, 0.1) is 0 Å². The fourth-order valence-electron chi connectivity index (χ4n) is 2.64. The minimum atomic E-state index is -0.639. The molecule has 1 heterocycles. The molecular formula is C21H23N5O2. The van der Waals surface area contributed by atoms with Crippen LogP contribution in [0.25, 0.3) is 0 Å². The average Bonchev–Trinajstić information content (AvgIpc) is 3.04. The van der Waals surface area contributed by atoms with Crippen LogP contribution in [-0.2, 0) is 5.41 Å². The second kappa shape index (κ2) is 7.56. The fraction of sp³-hybridized carbons (Fsp3) is 0.190. The maximum Gasteiger partial charge on any atom is 0.256 e. The lowest BCUT2D eigenvalue weighted by Crippen LogP contribution is -2.13. The molecule has 1 aromatic heterocycles. The first-order valence-electron chi connectivity index (χ1n) is 8.83. The van der Waals surface area contributed by atoms with E-state index in [0.29, 0.717) is 5.82 Å². The van der Waals surface area contributed by atoms with Gasteiger partial charge in [0.1, 0.15) is 11.3 Å². The van der Waals surface area contributed by atoms with Gasteiger partial charge in [0, 0.05) is 11.9 Å². The Kier molecular flexibility index (Phi) is 5.17. The number of phenols is 1. The highest BCUT2D eigenvalue weighted by atomic mass is 16.3. The number of phenolic OH excluding ortho intramolecular Hbond substituents is 1. The predicted octanol–water partition coefficient (Wildman–Crippen LogP) is 4.01. The number of aromatic hydroxyl groups is 1. The van der Waals surface area contributed by atoms with Crippen molar-refractivity contribution in [1.82, 2.24) is 10.2 Å². The van der Waals surface area contributed by atoms with Gasteiger partial charge in [0.05, 0.1) is 0 Å². The average molecular weight is 377 g/mol. The van der Waals surface area contributed by atoms with Crippen molar-refractivity contribution in [1.29, 1.82) is 0 Å². The number of H-pyrrole nitrogens is 1. The highest BCUT2D eigenvalue weighted by Crippen LogP contribution is 2.28. The standard InChI is InChI=1S/C21H23N5O2/c1-21(2,3)14-6-8-15(9-7-14)24-20-17(18(22)28)19(25-26-20)23-12-13-4-10-16(27)11-5-13/h4-12,27H,1-3H3,(H2,22,28)(H2,24,25,26). The molecule has 5 N–H and O–H groups in total. The maximum atomic E-state index is 12.0. The van der Waals surface area contributed by atoms with Gasteiger partial charge in [-0.05, 0) is 52.9 Å². The van der Waals surface area contributed by atoms with E-state index in [0.717, 1.165) is 11.3 Å². The van der Waals surface area contributed by atoms with Crippen molar-refractivity contribution < 1.29 is 9.90 Å². The number of hydrogen-bond acceptors (Lipinski definition) is 5. The fourth-order valence-corrected chi connectivity index (χ4v) is 2.64. The lowest BCUT2D eigenvalue weighted by atomic mass is 9.87. The van der Waals surface area contributed by atoms with Crippen LogP contribution in [0.15, 0.2) is 53.5 Å². The number of carbonyl (C=O) groups is 1. The Bertz CT molecular complexity index is 997. The molecule has 144 valence electrons. The normalized spacial score (nSPS) is 11.7. The number of benzene rings is 2. The topological polar surface area (TPSA) is 116 Å². The molecule has 0 aliphatic rings. The number of primary amides is 1. The monoisotopic (exact) mass is 377 g/mol. The summed E-state index contributed by atoms with van der Waals surface area (Å²) in [5, 5.41) is 19.3. The second-order valence-corrected chi connectivity index (χ2v) is 7.46. The number of aromatic amines is 1. The molecule has 0 spiro atoms. The van der Waals surface area contributed by atoms with E-state index in [4.69, 9.17) is 5.73 Å². The maximum absolute atomic E-state index is 12.0. The van der Waals surface area contributed by atoms with Gasteiger partial charge in [0.15, 0.2) is 11.6 Å². The number of amides is 1. The number of rotatable bonds is 5. The van der Waals surface area contributed by atoms with Gasteiger partial charge in [0.2, 0.25) is 0 Å². The van der Waals surface area contributed by atoms with Crippen molar-refractivity contribution in [3.63, 3.8) is 0 Å². The van der Waals surface area contributed by atoms with Crippen molar-refractivity contribution in [2.24, 2.45) is 10.7 Å². The van der Waals surface area contributed by atoms with E-state index in [2.05, 4.69) is 41.3 Å². The zero-order valence-electron chi connectivity index (χ0n) is 16.0. The van der Waals surface area contributed by atoms with Gasteiger partial charge in [0.25, 0.3) is 5.91 Å². The van der Waals surface area contributed by atoms with Gasteiger partial charge in [-0.15, -0.1) is 0 Å². The van der Waals surface area contributed by atoms with E-state index in [1.165, 1.54) is 5.56 Å². The third-order valence-corrected chi connectivity index (χ3v) is 4.24. The van der Waals surface area contributed by atoms with Crippen LogP contribution in [0.2, 0.25) is 0 Å². The van der Waals surface area contributed by atoms with Crippen LogP contribution < -0.4 is 11.1 Å². The first-order chi connectivity index (χ1) is 13.2. The highest BCUT2D eigenvalue weighted by molar-refractivity contribution is 6.03. The van der Waals surface area contributed by atoms with Crippen LogP contribution in [0.5, 0.6) is 5.75 Å². The lowest BCUT2D eigenvalue weighted by Gasteiger charge is -2.19. The molecule has 0 saturated carbocycles. The summed E-state index contributed by atoms with van der Waals surface area (Å²) in [6, 6.07) is 14.4. The second-order valence-electron chi connectivity index (χ2n) is 7.46. The van der Waals surface area contributed by atoms with Crippen molar-refractivity contribution in [3.8, 4) is 5.75 Å². The van der Waals surface area contributed by atoms with Gasteiger partial charge in [-0.2, -0.15) is 5.10 Å². The number of nitrogens with zero attached hydrogens (tertiary/aromatic N) is 2. The number of nitrogens with one attached hydrogen (secondary N) is 2. The van der Waals surface area contributed by atoms with Crippen LogP contribution in [0.4, 0.5) is 17.3 Å². The third-order valence-electron chi connectivity index (χ3n) is 4.24. The molecule has 0 saturated heterocycles. The van der Waals surface area contributed by atoms with Gasteiger partial charge in [-0.1, -0.05) is 32.9 Å². The molecule has 0 aliphatic heterocycles. The SMILES string of the molecule is CC(C)(C)c1ccc(Nc2n[nH]c(N=Cc3ccc(O)cc3)c2C(N)=O)cc1. The van der Waals surface area contributed by atoms with Crippen LogP contribution in [0.1, 0.15) is 42.3 Å². The summed E-state index contributed by atoms with van der Waals surface area (Å²) in [5.74, 6) is 0.101. The van der Waals surface area contributed by atoms with Crippen LogP contribution in [-0.4, -0.2) is 27.4 Å². The molecule has 1 amide bonds. The highest BCUT2D eigenvalue weighted by Gasteiger charge is 2.18. The molecule has 0 atom stereocenters. The predicted molar refractivity (Wildman–Crippen MR) is 111 cm³/mol. The molecular weight excluding hydrogens is 354 g/mol. The Labute approximate surface area is 163 Å². The Morgan fingerprint density at radius 3 is 2.36 bits per heavy atom. The molecule has 0 radical (unpaired) electrons. The van der Waals surface area contributed by atoms with E-state index in [1.807, 2.05) is 24.3 Å². The van der Waals surface area contributed by atoms with Gasteiger partial charge in [-0.3, -0.25) is 9.89 Å². The van der Waals surface area contributed by atoms with E-state index in [-0.39, 0.29) is 22.5 Å². The summed E-state index contributed by atoms with van der Waals surface area (Å²) in [6.07, 6.45) is 1.56. The number of nitrogens with two attached hydrogens (primary N) is 1. The molecule has 7 heteroatoms. The number of hydrogen-bond donors (Lipinski definition) is 4. The third kappa shape index (κ3) is 4.37. The summed E-state index contributed by atoms with van der Waals surface area (Å²) < 4.78 is 0. The number of carbonyl (C=O) groups excluding carboxylic acids is 1. The Hall–Kier alpha value is -3.61. The molecule has 3 rings (SSSR count). The summed E-state index contributed by atoms with van der Waals surface area (Å²) in [5.41, 5.74) is 8.52. The Morgan fingerprint density at radius 2 is 1.79 bits per heavy atom. The van der Waals surface area contributed by atoms with E-state index < -0.39 is 5.91 Å². The molecule has 7 nitrogen and oxygen atoms in total. The Balaban J connectivity index is 1.84. The summed E-state index contributed by atoms with van der Waals surface area (Å²) in [7, 11) is 0. The number of aliphatic imine (C=N–C) groups is 1. The van der Waals surface area contributed by atoms with Crippen molar-refractivity contribution >= 4 is 29.4 Å². The molecule has 0 bridgehead atoms. The first-order valence-corrected chi connectivity index (χ1v) is 8.83. The van der Waals surface area contributed by atoms with Gasteiger partial charge < -0.3 is 16.2 Å². The summed E-state index contributed by atoms with van der Waals surface area (Å²) in [4.78, 5) is 16.2. The Morgan fingerprint density at radius 1 is 1.14 bits per heavy atom. The molecule has 3 aromatic rings.